The van der Waals surface area contributed by atoms with Crippen LogP contribution in [0.2, 0.25) is 0 Å². The van der Waals surface area contributed by atoms with E-state index in [1.165, 1.54) is 6.07 Å². The van der Waals surface area contributed by atoms with Crippen molar-refractivity contribution in [3.63, 3.8) is 0 Å². The number of azo groups is 3. The Labute approximate surface area is 238 Å². The molecule has 0 amide bonds. The second-order valence-corrected chi connectivity index (χ2v) is 10.5. The van der Waals surface area contributed by atoms with Gasteiger partial charge in [0.2, 0.25) is 10.3 Å². The summed E-state index contributed by atoms with van der Waals surface area (Å²) < 4.78 is 12.5. The largest absolute Gasteiger partial charge is 0.504 e. The summed E-state index contributed by atoms with van der Waals surface area (Å²) in [4.78, 5) is 14.5. The van der Waals surface area contributed by atoms with Crippen LogP contribution >= 0.6 is 34.6 Å². The maximum absolute atomic E-state index is 11.2. The number of pyridine rings is 1. The van der Waals surface area contributed by atoms with E-state index < -0.39 is 0 Å². The van der Waals surface area contributed by atoms with Gasteiger partial charge < -0.3 is 10.0 Å². The van der Waals surface area contributed by atoms with Gasteiger partial charge in [-0.1, -0.05) is 0 Å². The van der Waals surface area contributed by atoms with Crippen LogP contribution in [0.15, 0.2) is 42.8 Å². The second-order valence-electron chi connectivity index (χ2n) is 8.30. The van der Waals surface area contributed by atoms with E-state index in [0.29, 0.717) is 60.6 Å². The average Bonchev–Trinajstić information content (AvgIpc) is 3.65. The van der Waals surface area contributed by atoms with Crippen molar-refractivity contribution >= 4 is 83.6 Å². The van der Waals surface area contributed by atoms with Crippen LogP contribution in [0, 0.1) is 32.1 Å². The number of aryl methyl sites for hydroxylation is 3. The van der Waals surface area contributed by atoms with E-state index in [0.717, 1.165) is 34.6 Å². The van der Waals surface area contributed by atoms with E-state index >= 15 is 0 Å². The minimum Gasteiger partial charge on any atom is -0.504 e. The fraction of sp³-hybridized carbons (Fsp3) is 0.227. The lowest BCUT2D eigenvalue weighted by Gasteiger charge is -2.18. The molecule has 0 aliphatic heterocycles. The number of hydrogen-bond donors (Lipinski definition) is 1. The summed E-state index contributed by atoms with van der Waals surface area (Å²) in [5.41, 5.74) is 2.31. The molecule has 0 aliphatic rings. The average molecular weight is 591 g/mol. The Bertz CT molecular complexity index is 1860. The summed E-state index contributed by atoms with van der Waals surface area (Å²) in [7, 11) is 3.53. The van der Waals surface area contributed by atoms with Gasteiger partial charge >= 0.3 is 0 Å². The van der Waals surface area contributed by atoms with E-state index in [1.54, 1.807) is 45.8 Å². The highest BCUT2D eigenvalue weighted by molar-refractivity contribution is 7.11. The molecule has 0 saturated carbocycles. The number of rotatable bonds is 7. The molecule has 5 rings (SSSR count). The number of anilines is 1. The fourth-order valence-electron chi connectivity index (χ4n) is 3.39. The highest BCUT2D eigenvalue weighted by atomic mass is 32.1. The van der Waals surface area contributed by atoms with Crippen LogP contribution in [0.5, 0.6) is 5.75 Å². The van der Waals surface area contributed by atoms with Crippen molar-refractivity contribution in [1.82, 2.24) is 28.1 Å². The predicted octanol–water partition coefficient (Wildman–Crippen LogP) is 7.21. The zero-order chi connectivity index (χ0) is 28.4. The lowest BCUT2D eigenvalue weighted by Crippen LogP contribution is -2.09. The van der Waals surface area contributed by atoms with Crippen LogP contribution in [-0.4, -0.2) is 47.3 Å². The number of phenolic OH excluding ortho intramolecular Hbond substituents is 1. The SMILES string of the molecule is Cc1nsc(/N=N/c2cc(/N=N/c3snc4nc(C)c(C#N)cc34)c(O)c(/N=N/c3nc(C)ns3)c2N(C)C)n1. The summed E-state index contributed by atoms with van der Waals surface area (Å²) in [6, 6.07) is 5.30. The minimum atomic E-state index is -0.288. The molecule has 1 N–H and O–H groups in total. The standard InChI is InChI=1S/C22H18N14OS3/c1-9-12(8-23)6-13-19(24-9)35-38-20(13)30-28-15-7-14(27-31-21-25-10(2)33-39-21)17(36(4)5)16(18(15)37)29-32-22-26-11(3)34-40-22/h6-7,37H,1-5H3/b30-28+,31-27+,32-29+. The van der Waals surface area contributed by atoms with Gasteiger partial charge in [0.25, 0.3) is 0 Å². The molecule has 40 heavy (non-hydrogen) atoms. The second kappa shape index (κ2) is 11.2. The molecule has 4 aromatic heterocycles. The maximum atomic E-state index is 11.2. The van der Waals surface area contributed by atoms with E-state index in [1.807, 2.05) is 0 Å². The normalized spacial score (nSPS) is 11.9. The maximum Gasteiger partial charge on any atom is 0.249 e. The quantitative estimate of drug-likeness (QED) is 0.190. The molecule has 18 heteroatoms. The highest BCUT2D eigenvalue weighted by Gasteiger charge is 2.21. The minimum absolute atomic E-state index is 0.0533. The van der Waals surface area contributed by atoms with E-state index in [2.05, 4.69) is 64.8 Å². The molecule has 0 unspecified atom stereocenters. The monoisotopic (exact) mass is 590 g/mol. The number of benzene rings is 1. The van der Waals surface area contributed by atoms with Crippen LogP contribution in [-0.2, 0) is 0 Å². The summed E-state index contributed by atoms with van der Waals surface area (Å²) in [5.74, 6) is 0.847. The molecule has 0 aliphatic carbocycles. The Morgan fingerprint density at radius 2 is 1.45 bits per heavy atom. The third-order valence-corrected chi connectivity index (χ3v) is 7.30. The van der Waals surface area contributed by atoms with Crippen molar-refractivity contribution in [2.24, 2.45) is 30.7 Å². The molecular weight excluding hydrogens is 573 g/mol. The van der Waals surface area contributed by atoms with Gasteiger partial charge in [-0.2, -0.15) is 18.4 Å². The number of fused-ring (bicyclic) bond motifs is 1. The first-order valence-corrected chi connectivity index (χ1v) is 13.7. The number of nitrogens with zero attached hydrogens (tertiary/aromatic N) is 14. The molecule has 0 atom stereocenters. The van der Waals surface area contributed by atoms with Gasteiger partial charge in [0, 0.05) is 37.2 Å². The van der Waals surface area contributed by atoms with Gasteiger partial charge in [-0.25, -0.2) is 15.0 Å². The first-order chi connectivity index (χ1) is 19.2. The lowest BCUT2D eigenvalue weighted by molar-refractivity contribution is 0.477. The molecule has 1 aromatic carbocycles. The predicted molar refractivity (Wildman–Crippen MR) is 151 cm³/mol. The number of aromatic nitrogens is 6. The van der Waals surface area contributed by atoms with Crippen molar-refractivity contribution in [3.8, 4) is 11.8 Å². The number of hydrogen-bond acceptors (Lipinski definition) is 18. The Balaban J connectivity index is 1.64. The molecule has 0 fully saturated rings. The van der Waals surface area contributed by atoms with Crippen molar-refractivity contribution in [2.75, 3.05) is 19.0 Å². The summed E-state index contributed by atoms with van der Waals surface area (Å²) in [5, 5.41) is 47.9. The van der Waals surface area contributed by atoms with Gasteiger partial charge in [-0.3, -0.25) is 0 Å². The smallest absolute Gasteiger partial charge is 0.249 e. The number of phenols is 1. The number of nitriles is 1. The molecule has 0 spiro atoms. The van der Waals surface area contributed by atoms with Gasteiger partial charge in [0.1, 0.15) is 29.1 Å². The topological polar surface area (TPSA) is 199 Å². The molecule has 4 heterocycles. The zero-order valence-electron chi connectivity index (χ0n) is 21.6. The van der Waals surface area contributed by atoms with Gasteiger partial charge in [0.15, 0.2) is 22.1 Å². The van der Waals surface area contributed by atoms with Crippen molar-refractivity contribution < 1.29 is 5.11 Å². The lowest BCUT2D eigenvalue weighted by atomic mass is 10.1. The van der Waals surface area contributed by atoms with Crippen LogP contribution in [0.1, 0.15) is 22.9 Å². The first-order valence-electron chi connectivity index (χ1n) is 11.3. The van der Waals surface area contributed by atoms with Crippen molar-refractivity contribution in [1.29, 1.82) is 5.26 Å². The Morgan fingerprint density at radius 3 is 2.05 bits per heavy atom. The Morgan fingerprint density at radius 1 is 0.800 bits per heavy atom. The number of aromatic hydroxyl groups is 1. The van der Waals surface area contributed by atoms with E-state index in [9.17, 15) is 10.4 Å². The zero-order valence-corrected chi connectivity index (χ0v) is 24.0. The molecule has 0 bridgehead atoms. The van der Waals surface area contributed by atoms with Gasteiger partial charge in [-0.05, 0) is 44.4 Å². The van der Waals surface area contributed by atoms with E-state index in [-0.39, 0.29) is 17.1 Å². The Hall–Kier alpha value is -4.73. The summed E-state index contributed by atoms with van der Waals surface area (Å²) >= 11 is 3.24. The van der Waals surface area contributed by atoms with Gasteiger partial charge in [-0.15, -0.1) is 30.7 Å². The highest BCUT2D eigenvalue weighted by Crippen LogP contribution is 2.50. The van der Waals surface area contributed by atoms with Crippen molar-refractivity contribution in [3.05, 3.63) is 35.0 Å². The van der Waals surface area contributed by atoms with Gasteiger partial charge in [0.05, 0.1) is 22.3 Å². The molecule has 15 nitrogen and oxygen atoms in total. The molecule has 200 valence electrons. The molecule has 0 saturated heterocycles. The van der Waals surface area contributed by atoms with Crippen LogP contribution in [0.4, 0.5) is 38.0 Å². The summed E-state index contributed by atoms with van der Waals surface area (Å²) in [6.07, 6.45) is 0. The van der Waals surface area contributed by atoms with Crippen LogP contribution < -0.4 is 4.90 Å². The third-order valence-electron chi connectivity index (χ3n) is 5.18. The van der Waals surface area contributed by atoms with Crippen LogP contribution in [0.3, 0.4) is 0 Å². The Kier molecular flexibility index (Phi) is 7.50. The van der Waals surface area contributed by atoms with Crippen molar-refractivity contribution in [2.45, 2.75) is 20.8 Å². The molecule has 0 radical (unpaired) electrons. The fourth-order valence-corrected chi connectivity index (χ4v) is 5.04. The first kappa shape index (κ1) is 26.9. The van der Waals surface area contributed by atoms with Crippen LogP contribution in [0.25, 0.3) is 11.0 Å². The third kappa shape index (κ3) is 5.51. The molecule has 5 aromatic rings. The molecular formula is C22H18N14OS3. The summed E-state index contributed by atoms with van der Waals surface area (Å²) in [6.45, 7) is 5.24. The van der Waals surface area contributed by atoms with E-state index in [4.69, 9.17) is 0 Å².